The average Bonchev–Trinajstić information content (AvgIpc) is 2.47. The number of carbonyl (C=O) groups is 1. The van der Waals surface area contributed by atoms with Gasteiger partial charge in [-0.05, 0) is 42.2 Å². The first kappa shape index (κ1) is 15.5. The van der Waals surface area contributed by atoms with Gasteiger partial charge in [-0.15, -0.1) is 0 Å². The van der Waals surface area contributed by atoms with Crippen molar-refractivity contribution in [1.29, 1.82) is 0 Å². The van der Waals surface area contributed by atoms with Crippen molar-refractivity contribution in [1.82, 2.24) is 0 Å². The Morgan fingerprint density at radius 1 is 1.24 bits per heavy atom. The first-order chi connectivity index (χ1) is 10.0. The smallest absolute Gasteiger partial charge is 0.260 e. The first-order valence-electron chi connectivity index (χ1n) is 6.88. The minimum atomic E-state index is -0.628. The fraction of sp³-hybridized carbons (Fsp3) is 0.235. The third-order valence-electron chi connectivity index (χ3n) is 3.54. The summed E-state index contributed by atoms with van der Waals surface area (Å²) in [5.41, 5.74) is 1.69. The molecule has 0 aliphatic rings. The largest absolute Gasteiger partial charge is 0.322 e. The van der Waals surface area contributed by atoms with Crippen molar-refractivity contribution in [2.75, 3.05) is 5.32 Å². The molecule has 0 unspecified atom stereocenters. The van der Waals surface area contributed by atoms with Gasteiger partial charge in [0.2, 0.25) is 0 Å². The number of amides is 1. The Balaban J connectivity index is 2.16. The number of nitrogens with one attached hydrogen (secondary N) is 1. The zero-order valence-electron chi connectivity index (χ0n) is 12.0. The average molecular weight is 306 g/mol. The van der Waals surface area contributed by atoms with Gasteiger partial charge >= 0.3 is 0 Å². The Morgan fingerprint density at radius 2 is 1.90 bits per heavy atom. The standard InChI is InChI=1S/C17H17ClFNO/c1-3-11(2)12-7-9-13(10-8-12)20-17(21)16-14(18)5-4-6-15(16)19/h4-11H,3H2,1-2H3,(H,20,21)/t11-/m1/s1. The van der Waals surface area contributed by atoms with Crippen LogP contribution in [0, 0.1) is 5.82 Å². The van der Waals surface area contributed by atoms with Crippen LogP contribution in [0.15, 0.2) is 42.5 Å². The highest BCUT2D eigenvalue weighted by Gasteiger charge is 2.15. The van der Waals surface area contributed by atoms with Crippen molar-refractivity contribution >= 4 is 23.2 Å². The van der Waals surface area contributed by atoms with Crippen LogP contribution < -0.4 is 5.32 Å². The van der Waals surface area contributed by atoms with E-state index >= 15 is 0 Å². The van der Waals surface area contributed by atoms with Gasteiger partial charge < -0.3 is 5.32 Å². The van der Waals surface area contributed by atoms with Crippen molar-refractivity contribution in [2.45, 2.75) is 26.2 Å². The lowest BCUT2D eigenvalue weighted by atomic mass is 9.98. The highest BCUT2D eigenvalue weighted by molar-refractivity contribution is 6.34. The van der Waals surface area contributed by atoms with E-state index in [2.05, 4.69) is 19.2 Å². The number of hydrogen-bond acceptors (Lipinski definition) is 1. The molecule has 1 atom stereocenters. The highest BCUT2D eigenvalue weighted by Crippen LogP contribution is 2.23. The molecule has 2 rings (SSSR count). The van der Waals surface area contributed by atoms with Crippen LogP contribution >= 0.6 is 11.6 Å². The van der Waals surface area contributed by atoms with Crippen LogP contribution in [0.1, 0.15) is 42.1 Å². The molecule has 0 fully saturated rings. The number of benzene rings is 2. The Kier molecular flexibility index (Phi) is 4.97. The summed E-state index contributed by atoms with van der Waals surface area (Å²) >= 11 is 5.88. The van der Waals surface area contributed by atoms with Gasteiger partial charge in [-0.25, -0.2) is 4.39 Å². The van der Waals surface area contributed by atoms with Crippen LogP contribution in [0.3, 0.4) is 0 Å². The molecule has 0 aromatic heterocycles. The lowest BCUT2D eigenvalue weighted by Crippen LogP contribution is -2.14. The molecule has 110 valence electrons. The van der Waals surface area contributed by atoms with Gasteiger partial charge in [0.15, 0.2) is 0 Å². The predicted molar refractivity (Wildman–Crippen MR) is 84.5 cm³/mol. The van der Waals surface area contributed by atoms with E-state index in [0.29, 0.717) is 11.6 Å². The fourth-order valence-electron chi connectivity index (χ4n) is 2.04. The van der Waals surface area contributed by atoms with E-state index in [1.807, 2.05) is 24.3 Å². The topological polar surface area (TPSA) is 29.1 Å². The van der Waals surface area contributed by atoms with Crippen molar-refractivity contribution in [3.05, 3.63) is 64.4 Å². The molecule has 0 saturated heterocycles. The molecule has 0 radical (unpaired) electrons. The molecular weight excluding hydrogens is 289 g/mol. The maximum Gasteiger partial charge on any atom is 0.260 e. The van der Waals surface area contributed by atoms with E-state index < -0.39 is 11.7 Å². The van der Waals surface area contributed by atoms with E-state index in [0.717, 1.165) is 6.42 Å². The molecule has 1 amide bonds. The molecule has 2 aromatic carbocycles. The SMILES string of the molecule is CC[C@@H](C)c1ccc(NC(=O)c2c(F)cccc2Cl)cc1. The third-order valence-corrected chi connectivity index (χ3v) is 3.85. The van der Waals surface area contributed by atoms with Crippen LogP contribution in [0.5, 0.6) is 0 Å². The van der Waals surface area contributed by atoms with E-state index in [9.17, 15) is 9.18 Å². The summed E-state index contributed by atoms with van der Waals surface area (Å²) in [6.07, 6.45) is 1.05. The zero-order valence-corrected chi connectivity index (χ0v) is 12.7. The summed E-state index contributed by atoms with van der Waals surface area (Å²) < 4.78 is 13.7. The van der Waals surface area contributed by atoms with Crippen LogP contribution in [-0.2, 0) is 0 Å². The fourth-order valence-corrected chi connectivity index (χ4v) is 2.29. The van der Waals surface area contributed by atoms with E-state index in [1.54, 1.807) is 0 Å². The molecule has 0 bridgehead atoms. The lowest BCUT2D eigenvalue weighted by Gasteiger charge is -2.11. The molecule has 4 heteroatoms. The van der Waals surface area contributed by atoms with E-state index in [-0.39, 0.29) is 10.6 Å². The number of carbonyl (C=O) groups excluding carboxylic acids is 1. The van der Waals surface area contributed by atoms with Crippen LogP contribution in [-0.4, -0.2) is 5.91 Å². The summed E-state index contributed by atoms with van der Waals surface area (Å²) in [5, 5.41) is 2.76. The van der Waals surface area contributed by atoms with Crippen LogP contribution in [0.2, 0.25) is 5.02 Å². The van der Waals surface area contributed by atoms with Crippen molar-refractivity contribution < 1.29 is 9.18 Å². The van der Waals surface area contributed by atoms with Gasteiger partial charge in [0.25, 0.3) is 5.91 Å². The van der Waals surface area contributed by atoms with E-state index in [4.69, 9.17) is 11.6 Å². The van der Waals surface area contributed by atoms with Gasteiger partial charge in [-0.3, -0.25) is 4.79 Å². The second-order valence-corrected chi connectivity index (χ2v) is 5.39. The first-order valence-corrected chi connectivity index (χ1v) is 7.26. The minimum absolute atomic E-state index is 0.101. The molecule has 0 spiro atoms. The van der Waals surface area contributed by atoms with Gasteiger partial charge in [-0.2, -0.15) is 0 Å². The van der Waals surface area contributed by atoms with Gasteiger partial charge in [0.1, 0.15) is 5.82 Å². The summed E-state index contributed by atoms with van der Waals surface area (Å²) in [4.78, 5) is 12.1. The Hall–Kier alpha value is -1.87. The van der Waals surface area contributed by atoms with E-state index in [1.165, 1.54) is 23.8 Å². The molecule has 0 aliphatic carbocycles. The van der Waals surface area contributed by atoms with Gasteiger partial charge in [0, 0.05) is 5.69 Å². The number of rotatable bonds is 4. The Morgan fingerprint density at radius 3 is 2.48 bits per heavy atom. The molecule has 2 aromatic rings. The van der Waals surface area contributed by atoms with Gasteiger partial charge in [-0.1, -0.05) is 43.6 Å². The quantitative estimate of drug-likeness (QED) is 0.821. The molecule has 0 saturated carbocycles. The van der Waals surface area contributed by atoms with Crippen molar-refractivity contribution in [2.24, 2.45) is 0 Å². The highest BCUT2D eigenvalue weighted by atomic mass is 35.5. The monoisotopic (exact) mass is 305 g/mol. The maximum absolute atomic E-state index is 13.7. The predicted octanol–water partition coefficient (Wildman–Crippen LogP) is 5.24. The third kappa shape index (κ3) is 3.61. The lowest BCUT2D eigenvalue weighted by molar-refractivity contribution is 0.102. The van der Waals surface area contributed by atoms with Crippen LogP contribution in [0.4, 0.5) is 10.1 Å². The number of hydrogen-bond donors (Lipinski definition) is 1. The molecule has 1 N–H and O–H groups in total. The molecule has 2 nitrogen and oxygen atoms in total. The zero-order chi connectivity index (χ0) is 15.4. The molecule has 0 heterocycles. The Bertz CT molecular complexity index is 619. The summed E-state index contributed by atoms with van der Waals surface area (Å²) in [6, 6.07) is 11.7. The number of halogens is 2. The summed E-state index contributed by atoms with van der Waals surface area (Å²) in [5.74, 6) is -0.707. The molecular formula is C17H17ClFNO. The second kappa shape index (κ2) is 6.72. The normalized spacial score (nSPS) is 12.0. The van der Waals surface area contributed by atoms with Crippen molar-refractivity contribution in [3.8, 4) is 0 Å². The van der Waals surface area contributed by atoms with Gasteiger partial charge in [0.05, 0.1) is 10.6 Å². The summed E-state index contributed by atoms with van der Waals surface area (Å²) in [7, 11) is 0. The minimum Gasteiger partial charge on any atom is -0.322 e. The Labute approximate surface area is 128 Å². The molecule has 21 heavy (non-hydrogen) atoms. The van der Waals surface area contributed by atoms with Crippen molar-refractivity contribution in [3.63, 3.8) is 0 Å². The second-order valence-electron chi connectivity index (χ2n) is 4.98. The number of anilines is 1. The van der Waals surface area contributed by atoms with Crippen LogP contribution in [0.25, 0.3) is 0 Å². The molecule has 0 aliphatic heterocycles. The summed E-state index contributed by atoms with van der Waals surface area (Å²) in [6.45, 7) is 4.27. The maximum atomic E-state index is 13.7.